The lowest BCUT2D eigenvalue weighted by Gasteiger charge is -2.32. The molecule has 0 spiro atoms. The number of nitrogens with zero attached hydrogens (tertiary/aromatic N) is 3. The van der Waals surface area contributed by atoms with Gasteiger partial charge < -0.3 is 15.7 Å². The highest BCUT2D eigenvalue weighted by molar-refractivity contribution is 7.13. The van der Waals surface area contributed by atoms with E-state index in [4.69, 9.17) is 22.3 Å². The monoisotopic (exact) mass is 414 g/mol. The maximum atomic E-state index is 11.7. The van der Waals surface area contributed by atoms with Crippen LogP contribution in [0.4, 0.5) is 5.69 Å². The van der Waals surface area contributed by atoms with E-state index in [-0.39, 0.29) is 11.8 Å². The van der Waals surface area contributed by atoms with Crippen LogP contribution in [0.1, 0.15) is 23.3 Å². The molecule has 6 nitrogen and oxygen atoms in total. The largest absolute Gasteiger partial charge is 0.391 e. The minimum absolute atomic E-state index is 0.186. The number of piperidine rings is 1. The normalized spacial score (nSPS) is 16.9. The lowest BCUT2D eigenvalue weighted by atomic mass is 10.1. The summed E-state index contributed by atoms with van der Waals surface area (Å²) in [5.74, 6) is -0.589. The van der Waals surface area contributed by atoms with E-state index in [0.29, 0.717) is 11.6 Å². The van der Waals surface area contributed by atoms with Crippen LogP contribution in [0.5, 0.6) is 0 Å². The molecule has 0 radical (unpaired) electrons. The molecule has 1 aromatic carbocycles. The van der Waals surface area contributed by atoms with E-state index >= 15 is 0 Å². The molecule has 1 amide bonds. The van der Waals surface area contributed by atoms with Gasteiger partial charge in [-0.15, -0.1) is 11.3 Å². The third-order valence-corrected chi connectivity index (χ3v) is 5.96. The summed E-state index contributed by atoms with van der Waals surface area (Å²) in [6, 6.07) is 9.21. The number of β-amino-alcohol motifs (C(OH)–C–C–N with tert-alkyl or cyclic N) is 1. The number of carbonyl (C=O) groups is 1. The summed E-state index contributed by atoms with van der Waals surface area (Å²) in [5, 5.41) is 13.4. The maximum absolute atomic E-state index is 11.7. The smallest absolute Gasteiger partial charge is 0.267 e. The minimum atomic E-state index is -0.589. The number of pyridine rings is 1. The number of hydrogen-bond donors (Lipinski definition) is 2. The van der Waals surface area contributed by atoms with Gasteiger partial charge in [-0.2, -0.15) is 0 Å². The van der Waals surface area contributed by atoms with Gasteiger partial charge in [0.25, 0.3) is 5.91 Å². The van der Waals surface area contributed by atoms with Crippen LogP contribution in [-0.4, -0.2) is 40.2 Å². The highest BCUT2D eigenvalue weighted by Gasteiger charge is 2.23. The molecular formula is C20H19ClN4O2S. The van der Waals surface area contributed by atoms with Crippen molar-refractivity contribution in [3.8, 4) is 21.8 Å². The number of rotatable bonds is 4. The molecule has 1 saturated heterocycles. The van der Waals surface area contributed by atoms with Crippen molar-refractivity contribution in [2.75, 3.05) is 18.0 Å². The lowest BCUT2D eigenvalue weighted by molar-refractivity contribution is 0.0995. The van der Waals surface area contributed by atoms with Crippen LogP contribution < -0.4 is 10.6 Å². The lowest BCUT2D eigenvalue weighted by Crippen LogP contribution is -2.38. The molecule has 1 fully saturated rings. The van der Waals surface area contributed by atoms with E-state index in [9.17, 15) is 9.90 Å². The zero-order chi connectivity index (χ0) is 19.7. The van der Waals surface area contributed by atoms with E-state index in [1.54, 1.807) is 12.3 Å². The second kappa shape index (κ2) is 7.87. The van der Waals surface area contributed by atoms with Gasteiger partial charge in [0.15, 0.2) is 0 Å². The summed E-state index contributed by atoms with van der Waals surface area (Å²) in [6.45, 7) is 1.33. The van der Waals surface area contributed by atoms with Gasteiger partial charge in [-0.25, -0.2) is 9.97 Å². The fraction of sp³-hybridized carbons (Fsp3) is 0.250. The summed E-state index contributed by atoms with van der Waals surface area (Å²) in [5.41, 5.74) is 8.86. The molecule has 0 aliphatic carbocycles. The molecule has 0 saturated carbocycles. The van der Waals surface area contributed by atoms with E-state index in [1.165, 1.54) is 11.3 Å². The Kier molecular flexibility index (Phi) is 5.30. The average molecular weight is 415 g/mol. The van der Waals surface area contributed by atoms with Crippen LogP contribution in [-0.2, 0) is 0 Å². The fourth-order valence-corrected chi connectivity index (χ4v) is 4.45. The first-order valence-corrected chi connectivity index (χ1v) is 10.2. The van der Waals surface area contributed by atoms with Crippen LogP contribution >= 0.6 is 22.9 Å². The van der Waals surface area contributed by atoms with Crippen molar-refractivity contribution in [2.24, 2.45) is 5.73 Å². The first kappa shape index (κ1) is 18.9. The number of aromatic nitrogens is 2. The molecule has 4 rings (SSSR count). The van der Waals surface area contributed by atoms with Crippen LogP contribution in [0.25, 0.3) is 21.8 Å². The van der Waals surface area contributed by atoms with E-state index in [0.717, 1.165) is 46.9 Å². The number of halogens is 1. The quantitative estimate of drug-likeness (QED) is 0.680. The van der Waals surface area contributed by atoms with Crippen molar-refractivity contribution in [2.45, 2.75) is 18.9 Å². The summed E-state index contributed by atoms with van der Waals surface area (Å²) in [7, 11) is 0. The van der Waals surface area contributed by atoms with Crippen molar-refractivity contribution >= 4 is 34.5 Å². The van der Waals surface area contributed by atoms with Crippen molar-refractivity contribution in [3.05, 3.63) is 52.6 Å². The number of hydrogen-bond acceptors (Lipinski definition) is 6. The van der Waals surface area contributed by atoms with Gasteiger partial charge >= 0.3 is 0 Å². The summed E-state index contributed by atoms with van der Waals surface area (Å²) >= 11 is 7.77. The zero-order valence-electron chi connectivity index (χ0n) is 15.0. The first-order valence-electron chi connectivity index (χ1n) is 8.96. The molecule has 1 aliphatic heterocycles. The van der Waals surface area contributed by atoms with Gasteiger partial charge in [0.2, 0.25) is 0 Å². The number of primary amides is 1. The standard InChI is InChI=1S/C20H19ClN4O2S/c21-15-6-2-1-5-13(15)17-11-28-20(24-17)14-8-16(19(22)27)23-9-18(14)25-7-3-4-12(26)10-25/h1-2,5-6,8-9,11-12,26H,3-4,7,10H2,(H2,22,27). The molecule has 1 aliphatic rings. The van der Waals surface area contributed by atoms with Gasteiger partial charge in [-0.1, -0.05) is 29.8 Å². The molecule has 144 valence electrons. The molecule has 1 atom stereocenters. The number of benzene rings is 1. The number of carbonyl (C=O) groups excluding carboxylic acids is 1. The van der Waals surface area contributed by atoms with Crippen molar-refractivity contribution in [1.82, 2.24) is 9.97 Å². The molecule has 3 heterocycles. The van der Waals surface area contributed by atoms with Crippen molar-refractivity contribution in [1.29, 1.82) is 0 Å². The van der Waals surface area contributed by atoms with Crippen molar-refractivity contribution < 1.29 is 9.90 Å². The Morgan fingerprint density at radius 2 is 2.14 bits per heavy atom. The number of thiazole rings is 1. The van der Waals surface area contributed by atoms with Gasteiger partial charge in [0.1, 0.15) is 10.7 Å². The molecule has 2 aromatic heterocycles. The SMILES string of the molecule is NC(=O)c1cc(-c2nc(-c3ccccc3Cl)cs2)c(N2CCCC(O)C2)cn1. The summed E-state index contributed by atoms with van der Waals surface area (Å²) < 4.78 is 0. The number of nitrogens with two attached hydrogens (primary N) is 1. The van der Waals surface area contributed by atoms with Gasteiger partial charge in [0, 0.05) is 34.6 Å². The number of anilines is 1. The van der Waals surface area contributed by atoms with Gasteiger partial charge in [-0.05, 0) is 25.0 Å². The highest BCUT2D eigenvalue weighted by atomic mass is 35.5. The summed E-state index contributed by atoms with van der Waals surface area (Å²) in [4.78, 5) is 22.7. The Bertz CT molecular complexity index is 1020. The Hall–Kier alpha value is -2.48. The molecule has 1 unspecified atom stereocenters. The number of amides is 1. The van der Waals surface area contributed by atoms with Crippen LogP contribution in [0.3, 0.4) is 0 Å². The summed E-state index contributed by atoms with van der Waals surface area (Å²) in [6.07, 6.45) is 2.93. The minimum Gasteiger partial charge on any atom is -0.391 e. The second-order valence-corrected chi connectivity index (χ2v) is 7.98. The molecule has 0 bridgehead atoms. The topological polar surface area (TPSA) is 92.3 Å². The number of aliphatic hydroxyl groups is 1. The third-order valence-electron chi connectivity index (χ3n) is 4.76. The molecule has 8 heteroatoms. The molecule has 3 aromatic rings. The molecule has 3 N–H and O–H groups in total. The van der Waals surface area contributed by atoms with Crippen LogP contribution in [0.2, 0.25) is 5.02 Å². The Labute approximate surface area is 171 Å². The average Bonchev–Trinajstić information content (AvgIpc) is 3.17. The van der Waals surface area contributed by atoms with Gasteiger partial charge in [0.05, 0.1) is 23.7 Å². The second-order valence-electron chi connectivity index (χ2n) is 6.71. The van der Waals surface area contributed by atoms with E-state index < -0.39 is 5.91 Å². The molecule has 28 heavy (non-hydrogen) atoms. The van der Waals surface area contributed by atoms with Crippen LogP contribution in [0, 0.1) is 0 Å². The maximum Gasteiger partial charge on any atom is 0.267 e. The zero-order valence-corrected chi connectivity index (χ0v) is 16.6. The van der Waals surface area contributed by atoms with E-state index in [2.05, 4.69) is 9.88 Å². The Balaban J connectivity index is 1.78. The first-order chi connectivity index (χ1) is 13.5. The third kappa shape index (κ3) is 3.73. The van der Waals surface area contributed by atoms with Crippen LogP contribution in [0.15, 0.2) is 41.9 Å². The van der Waals surface area contributed by atoms with Gasteiger partial charge in [-0.3, -0.25) is 4.79 Å². The number of aliphatic hydroxyl groups excluding tert-OH is 1. The molecular weight excluding hydrogens is 396 g/mol. The Morgan fingerprint density at radius 3 is 2.89 bits per heavy atom. The van der Waals surface area contributed by atoms with E-state index in [1.807, 2.05) is 29.6 Å². The predicted molar refractivity (Wildman–Crippen MR) is 112 cm³/mol. The highest BCUT2D eigenvalue weighted by Crippen LogP contribution is 2.37. The Morgan fingerprint density at radius 1 is 1.32 bits per heavy atom. The fourth-order valence-electron chi connectivity index (χ4n) is 3.37. The van der Waals surface area contributed by atoms with Crippen molar-refractivity contribution in [3.63, 3.8) is 0 Å². The predicted octanol–water partition coefficient (Wildman–Crippen LogP) is 3.59.